The van der Waals surface area contributed by atoms with Crippen molar-refractivity contribution >= 4 is 13.8 Å². The first-order chi connectivity index (χ1) is 20.7. The van der Waals surface area contributed by atoms with E-state index in [0.29, 0.717) is 30.1 Å². The third-order valence-corrected chi connectivity index (χ3v) is 14.5. The number of cyclic esters (lactones) is 1. The van der Waals surface area contributed by atoms with Crippen molar-refractivity contribution in [3.8, 4) is 0 Å². The van der Waals surface area contributed by atoms with Crippen LogP contribution in [-0.4, -0.2) is 46.0 Å². The number of rotatable bonds is 12. The number of hydrogen-bond acceptors (Lipinski definition) is 7. The van der Waals surface area contributed by atoms with Crippen LogP contribution in [-0.2, 0) is 23.1 Å². The molecule has 0 radical (unpaired) electrons. The SMILES string of the molecule is CCC(CCC(C)C1CCC2C3CCC4CC(OP(=O)(O)OC5=[C-]C(C(O)CO)OC5=O)CCC4(C)C3CCC12C)C(C)C.[Na+]. The number of phosphoric ester groups is 1. The van der Waals surface area contributed by atoms with Gasteiger partial charge in [0.15, 0.2) is 0 Å². The summed E-state index contributed by atoms with van der Waals surface area (Å²) in [5.74, 6) is 4.33. The Bertz CT molecular complexity index is 1120. The van der Waals surface area contributed by atoms with Crippen molar-refractivity contribution in [3.05, 3.63) is 11.8 Å². The van der Waals surface area contributed by atoms with Gasteiger partial charge in [0.2, 0.25) is 5.97 Å². The molecule has 5 rings (SSSR count). The number of hydrogen-bond donors (Lipinski definition) is 3. The van der Waals surface area contributed by atoms with Gasteiger partial charge in [0, 0.05) is 5.76 Å². The number of carbonyl (C=O) groups is 1. The first-order valence-corrected chi connectivity index (χ1v) is 19.1. The molecule has 5 aliphatic rings. The summed E-state index contributed by atoms with van der Waals surface area (Å²) in [6.07, 6.45) is 13.4. The number of fused-ring (bicyclic) bond motifs is 5. The quantitative estimate of drug-likeness (QED) is 0.123. The van der Waals surface area contributed by atoms with Crippen LogP contribution in [0.3, 0.4) is 0 Å². The summed E-state index contributed by atoms with van der Waals surface area (Å²) in [4.78, 5) is 22.6. The Balaban J connectivity index is 0.00000461. The topological polar surface area (TPSA) is 123 Å². The molecule has 8 nitrogen and oxygen atoms in total. The van der Waals surface area contributed by atoms with Gasteiger partial charge in [0.25, 0.3) is 0 Å². The second-order valence-electron chi connectivity index (χ2n) is 16.0. The van der Waals surface area contributed by atoms with Gasteiger partial charge in [-0.15, -0.1) is 0 Å². The van der Waals surface area contributed by atoms with Gasteiger partial charge in [-0.1, -0.05) is 54.4 Å². The van der Waals surface area contributed by atoms with Crippen molar-refractivity contribution in [1.82, 2.24) is 0 Å². The van der Waals surface area contributed by atoms with E-state index in [9.17, 15) is 19.4 Å². The third-order valence-electron chi connectivity index (χ3n) is 13.6. The van der Waals surface area contributed by atoms with E-state index in [0.717, 1.165) is 48.3 Å². The third kappa shape index (κ3) is 7.64. The average molecular weight is 661 g/mol. The summed E-state index contributed by atoms with van der Waals surface area (Å²) < 4.78 is 28.5. The standard InChI is InChI=1S/C35H58O8P.Na/c1-7-23(21(2)3)9-8-22(4)27-12-13-28-26-11-10-24-18-25(14-16-34(24,5)29(26)15-17-35(27,28)6)42-44(39,40)43-32-19-31(30(37)20-36)41-33(32)38;/h21-31,36-37H,7-18,20H2,1-6H3,(H,39,40);/q-1;+1. The summed E-state index contributed by atoms with van der Waals surface area (Å²) in [7, 11) is -4.62. The van der Waals surface area contributed by atoms with Crippen molar-refractivity contribution in [2.24, 2.45) is 58.2 Å². The van der Waals surface area contributed by atoms with E-state index in [-0.39, 0.29) is 35.0 Å². The first kappa shape index (κ1) is 37.9. The maximum absolute atomic E-state index is 12.9. The zero-order chi connectivity index (χ0) is 32.0. The van der Waals surface area contributed by atoms with E-state index >= 15 is 0 Å². The second kappa shape index (κ2) is 14.9. The van der Waals surface area contributed by atoms with E-state index in [2.05, 4.69) is 47.6 Å². The van der Waals surface area contributed by atoms with Gasteiger partial charge in [0.1, 0.15) is 0 Å². The molecule has 0 aromatic carbocycles. The first-order valence-electron chi connectivity index (χ1n) is 17.6. The van der Waals surface area contributed by atoms with Crippen molar-refractivity contribution in [3.63, 3.8) is 0 Å². The Kier molecular flexibility index (Phi) is 12.6. The number of esters is 1. The summed E-state index contributed by atoms with van der Waals surface area (Å²) in [5.41, 5.74) is 0.656. The molecule has 13 unspecified atom stereocenters. The smallest absolute Gasteiger partial charge is 0.553 e. The van der Waals surface area contributed by atoms with Gasteiger partial charge >= 0.3 is 37.4 Å². The van der Waals surface area contributed by atoms with E-state index in [4.69, 9.17) is 18.9 Å². The van der Waals surface area contributed by atoms with Crippen LogP contribution in [0.2, 0.25) is 0 Å². The normalized spacial score (nSPS) is 41.0. The molecule has 0 saturated heterocycles. The minimum absolute atomic E-state index is 0. The number of carbonyl (C=O) groups excluding carboxylic acids is 1. The maximum Gasteiger partial charge on any atom is 1.00 e. The zero-order valence-corrected chi connectivity index (χ0v) is 31.8. The van der Waals surface area contributed by atoms with E-state index in [1.807, 2.05) is 0 Å². The van der Waals surface area contributed by atoms with Crippen LogP contribution in [0.15, 0.2) is 5.76 Å². The van der Waals surface area contributed by atoms with Crippen molar-refractivity contribution in [2.75, 3.05) is 6.61 Å². The minimum Gasteiger partial charge on any atom is -0.553 e. The molecule has 45 heavy (non-hydrogen) atoms. The van der Waals surface area contributed by atoms with Gasteiger partial charge in [0.05, 0.1) is 24.9 Å². The largest absolute Gasteiger partial charge is 1.00 e. The van der Waals surface area contributed by atoms with Crippen molar-refractivity contribution in [1.29, 1.82) is 0 Å². The van der Waals surface area contributed by atoms with Gasteiger partial charge in [-0.05, 0) is 122 Å². The van der Waals surface area contributed by atoms with Crippen LogP contribution in [0, 0.1) is 64.2 Å². The summed E-state index contributed by atoms with van der Waals surface area (Å²) in [6.45, 7) is 14.1. The van der Waals surface area contributed by atoms with Gasteiger partial charge in [-0.2, -0.15) is 6.08 Å². The molecule has 3 N–H and O–H groups in total. The van der Waals surface area contributed by atoms with Crippen LogP contribution < -0.4 is 29.6 Å². The Hall–Kier alpha value is 0.0800. The van der Waals surface area contributed by atoms with Crippen molar-refractivity contribution < 1.29 is 67.8 Å². The monoisotopic (exact) mass is 660 g/mol. The molecule has 0 spiro atoms. The van der Waals surface area contributed by atoms with Gasteiger partial charge in [-0.3, -0.25) is 9.42 Å². The van der Waals surface area contributed by atoms with E-state index in [1.165, 1.54) is 51.4 Å². The molecule has 252 valence electrons. The molecule has 4 saturated carbocycles. The second-order valence-corrected chi connectivity index (χ2v) is 17.3. The fourth-order valence-corrected chi connectivity index (χ4v) is 12.0. The zero-order valence-electron chi connectivity index (χ0n) is 28.9. The number of aliphatic hydroxyl groups is 2. The summed E-state index contributed by atoms with van der Waals surface area (Å²) in [5, 5.41) is 18.8. The average Bonchev–Trinajstić information content (AvgIpc) is 3.51. The number of aliphatic hydroxyl groups excluding tert-OH is 2. The van der Waals surface area contributed by atoms with Crippen LogP contribution >= 0.6 is 7.82 Å². The fraction of sp³-hybridized carbons (Fsp3) is 0.914. The summed E-state index contributed by atoms with van der Waals surface area (Å²) in [6, 6.07) is 0. The van der Waals surface area contributed by atoms with Gasteiger partial charge < -0.3 is 24.3 Å². The molecule has 0 amide bonds. The number of ether oxygens (including phenoxy) is 1. The predicted octanol–water partition coefficient (Wildman–Crippen LogP) is 4.22. The Morgan fingerprint density at radius 1 is 1.02 bits per heavy atom. The molecule has 13 atom stereocenters. The van der Waals surface area contributed by atoms with Crippen LogP contribution in [0.5, 0.6) is 0 Å². The van der Waals surface area contributed by atoms with Crippen LogP contribution in [0.25, 0.3) is 0 Å². The molecular formula is C35H58NaO8P. The van der Waals surface area contributed by atoms with Crippen molar-refractivity contribution in [2.45, 2.75) is 137 Å². The Labute approximate surface area is 293 Å². The molecule has 0 aromatic heterocycles. The molecule has 4 fully saturated rings. The Morgan fingerprint density at radius 3 is 2.38 bits per heavy atom. The predicted molar refractivity (Wildman–Crippen MR) is 168 cm³/mol. The molecule has 0 bridgehead atoms. The molecule has 1 aliphatic heterocycles. The number of phosphoric acid groups is 1. The van der Waals surface area contributed by atoms with Crippen LogP contribution in [0.1, 0.15) is 119 Å². The molecule has 10 heteroatoms. The maximum atomic E-state index is 12.9. The molecule has 4 aliphatic carbocycles. The van der Waals surface area contributed by atoms with E-state index in [1.54, 1.807) is 0 Å². The summed E-state index contributed by atoms with van der Waals surface area (Å²) >= 11 is 0. The molecule has 1 heterocycles. The minimum atomic E-state index is -4.62. The molecular weight excluding hydrogens is 602 g/mol. The van der Waals surface area contributed by atoms with Gasteiger partial charge in [-0.25, -0.2) is 4.57 Å². The van der Waals surface area contributed by atoms with Crippen LogP contribution in [0.4, 0.5) is 0 Å². The Morgan fingerprint density at radius 2 is 1.71 bits per heavy atom. The fourth-order valence-electron chi connectivity index (χ4n) is 11.0. The molecule has 0 aromatic rings. The van der Waals surface area contributed by atoms with E-state index < -0.39 is 44.5 Å².